The van der Waals surface area contributed by atoms with Crippen LogP contribution in [0.25, 0.3) is 0 Å². The second-order valence-corrected chi connectivity index (χ2v) is 6.82. The molecule has 134 valence electrons. The molecule has 1 fully saturated rings. The van der Waals surface area contributed by atoms with Gasteiger partial charge in [-0.1, -0.05) is 30.3 Å². The molecule has 2 aliphatic rings. The molecule has 7 nitrogen and oxygen atoms in total. The van der Waals surface area contributed by atoms with Crippen LogP contribution in [0.2, 0.25) is 0 Å². The fourth-order valence-corrected chi connectivity index (χ4v) is 4.12. The van der Waals surface area contributed by atoms with Crippen LogP contribution in [0.5, 0.6) is 0 Å². The maximum Gasteiger partial charge on any atom is 0.352 e. The van der Waals surface area contributed by atoms with Gasteiger partial charge in [-0.05, 0) is 18.1 Å². The standard InChI is InChI=1S/C16H17N3O4S.ClH/c1-8-7-24-15-11(14(21)19(15)12(8)16(22)23)18-13(20)10(17)9-5-3-2-4-6-9;/h2-6,10-11,15H,7,17H2,1H3,(H,18,20)(H,22,23);1H/t10?,11?,15-;/m1./s1. The molecule has 25 heavy (non-hydrogen) atoms. The molecule has 3 atom stereocenters. The third-order valence-corrected chi connectivity index (χ3v) is 5.52. The van der Waals surface area contributed by atoms with E-state index >= 15 is 0 Å². The first-order chi connectivity index (χ1) is 11.4. The van der Waals surface area contributed by atoms with Crippen LogP contribution < -0.4 is 11.1 Å². The molecule has 1 saturated heterocycles. The molecule has 1 aromatic rings. The van der Waals surface area contributed by atoms with Crippen molar-refractivity contribution in [1.82, 2.24) is 10.2 Å². The molecule has 0 aromatic heterocycles. The Balaban J connectivity index is 0.00000225. The third-order valence-electron chi connectivity index (χ3n) is 4.10. The molecule has 2 amide bonds. The van der Waals surface area contributed by atoms with Crippen molar-refractivity contribution in [2.45, 2.75) is 24.4 Å². The Labute approximate surface area is 155 Å². The minimum absolute atomic E-state index is 0. The van der Waals surface area contributed by atoms with E-state index in [-0.39, 0.29) is 18.1 Å². The van der Waals surface area contributed by atoms with Crippen LogP contribution in [-0.4, -0.2) is 45.0 Å². The molecule has 0 bridgehead atoms. The van der Waals surface area contributed by atoms with Crippen molar-refractivity contribution in [2.24, 2.45) is 5.73 Å². The molecular weight excluding hydrogens is 366 g/mol. The number of carboxylic acid groups (broad SMARTS) is 1. The zero-order valence-electron chi connectivity index (χ0n) is 13.3. The highest BCUT2D eigenvalue weighted by Gasteiger charge is 2.53. The third kappa shape index (κ3) is 3.37. The number of hydrogen-bond donors (Lipinski definition) is 3. The van der Waals surface area contributed by atoms with Gasteiger partial charge in [0.15, 0.2) is 0 Å². The summed E-state index contributed by atoms with van der Waals surface area (Å²) in [5.74, 6) is -1.50. The summed E-state index contributed by atoms with van der Waals surface area (Å²) in [6.07, 6.45) is 0. The second kappa shape index (κ2) is 7.47. The van der Waals surface area contributed by atoms with Gasteiger partial charge < -0.3 is 16.2 Å². The Morgan fingerprint density at radius 1 is 1.36 bits per heavy atom. The highest BCUT2D eigenvalue weighted by Crippen LogP contribution is 2.40. The number of nitrogens with two attached hydrogens (primary N) is 1. The van der Waals surface area contributed by atoms with Gasteiger partial charge in [0.2, 0.25) is 5.91 Å². The fraction of sp³-hybridized carbons (Fsp3) is 0.312. The first-order valence-electron chi connectivity index (χ1n) is 7.40. The van der Waals surface area contributed by atoms with Crippen LogP contribution in [0, 0.1) is 0 Å². The van der Waals surface area contributed by atoms with Gasteiger partial charge in [0, 0.05) is 5.75 Å². The topological polar surface area (TPSA) is 113 Å². The Kier molecular flexibility index (Phi) is 5.76. The summed E-state index contributed by atoms with van der Waals surface area (Å²) in [6, 6.07) is 7.23. The molecule has 3 rings (SSSR count). The second-order valence-electron chi connectivity index (χ2n) is 5.72. The average molecular weight is 384 g/mol. The number of fused-ring (bicyclic) bond motifs is 1. The molecule has 2 heterocycles. The lowest BCUT2D eigenvalue weighted by molar-refractivity contribution is -0.150. The normalized spacial score (nSPS) is 23.1. The maximum atomic E-state index is 12.3. The Hall–Kier alpha value is -2.03. The summed E-state index contributed by atoms with van der Waals surface area (Å²) < 4.78 is 0. The number of rotatable bonds is 4. The molecule has 2 aliphatic heterocycles. The van der Waals surface area contributed by atoms with Gasteiger partial charge >= 0.3 is 5.97 Å². The number of benzene rings is 1. The van der Waals surface area contributed by atoms with Crippen LogP contribution >= 0.6 is 24.2 Å². The van der Waals surface area contributed by atoms with Crippen molar-refractivity contribution in [1.29, 1.82) is 0 Å². The van der Waals surface area contributed by atoms with Crippen LogP contribution in [0.4, 0.5) is 0 Å². The SMILES string of the molecule is CC1=C(C(=O)O)N2C(=O)C(NC(=O)C(N)c3ccccc3)[C@H]2SC1.Cl. The van der Waals surface area contributed by atoms with Gasteiger partial charge in [0.05, 0.1) is 0 Å². The highest BCUT2D eigenvalue weighted by molar-refractivity contribution is 8.00. The van der Waals surface area contributed by atoms with E-state index in [1.54, 1.807) is 31.2 Å². The molecule has 0 saturated carbocycles. The number of carboxylic acids is 1. The predicted octanol–water partition coefficient (Wildman–Crippen LogP) is 0.867. The number of aliphatic carboxylic acids is 1. The summed E-state index contributed by atoms with van der Waals surface area (Å²) in [7, 11) is 0. The first-order valence-corrected chi connectivity index (χ1v) is 8.45. The van der Waals surface area contributed by atoms with Crippen LogP contribution in [-0.2, 0) is 14.4 Å². The minimum Gasteiger partial charge on any atom is -0.477 e. The summed E-state index contributed by atoms with van der Waals surface area (Å²) in [5, 5.41) is 11.5. The summed E-state index contributed by atoms with van der Waals surface area (Å²) in [5.41, 5.74) is 7.24. The molecule has 2 unspecified atom stereocenters. The van der Waals surface area contributed by atoms with E-state index in [0.29, 0.717) is 16.9 Å². The van der Waals surface area contributed by atoms with E-state index in [9.17, 15) is 19.5 Å². The van der Waals surface area contributed by atoms with Gasteiger partial charge in [-0.15, -0.1) is 24.2 Å². The number of carbonyl (C=O) groups is 3. The number of carbonyl (C=O) groups excluding carboxylic acids is 2. The number of hydrogen-bond acceptors (Lipinski definition) is 5. The summed E-state index contributed by atoms with van der Waals surface area (Å²) in [6.45, 7) is 1.69. The molecule has 9 heteroatoms. The van der Waals surface area contributed by atoms with E-state index in [0.717, 1.165) is 0 Å². The lowest BCUT2D eigenvalue weighted by atomic mass is 10.0. The van der Waals surface area contributed by atoms with Gasteiger partial charge in [0.25, 0.3) is 5.91 Å². The van der Waals surface area contributed by atoms with Gasteiger partial charge in [-0.2, -0.15) is 0 Å². The van der Waals surface area contributed by atoms with Crippen molar-refractivity contribution < 1.29 is 19.5 Å². The van der Waals surface area contributed by atoms with Crippen molar-refractivity contribution >= 4 is 42.0 Å². The lowest BCUT2D eigenvalue weighted by Crippen LogP contribution is -2.71. The summed E-state index contributed by atoms with van der Waals surface area (Å²) >= 11 is 1.43. The van der Waals surface area contributed by atoms with Crippen LogP contribution in [0.3, 0.4) is 0 Å². The van der Waals surface area contributed by atoms with Gasteiger partial charge in [-0.25, -0.2) is 4.79 Å². The number of amides is 2. The summed E-state index contributed by atoms with van der Waals surface area (Å²) in [4.78, 5) is 37.2. The monoisotopic (exact) mass is 383 g/mol. The first kappa shape index (κ1) is 19.3. The lowest BCUT2D eigenvalue weighted by Gasteiger charge is -2.49. The Morgan fingerprint density at radius 3 is 2.60 bits per heavy atom. The fourth-order valence-electron chi connectivity index (χ4n) is 2.83. The Bertz CT molecular complexity index is 740. The number of halogens is 1. The number of thioether (sulfide) groups is 1. The smallest absolute Gasteiger partial charge is 0.352 e. The molecule has 4 N–H and O–H groups in total. The minimum atomic E-state index is -1.13. The molecular formula is C16H18ClN3O4S. The molecule has 0 spiro atoms. The number of nitrogens with zero attached hydrogens (tertiary/aromatic N) is 1. The van der Waals surface area contributed by atoms with Gasteiger partial charge in [-0.3, -0.25) is 14.5 Å². The van der Waals surface area contributed by atoms with Crippen LogP contribution in [0.1, 0.15) is 18.5 Å². The van der Waals surface area contributed by atoms with E-state index in [4.69, 9.17) is 5.73 Å². The van der Waals surface area contributed by atoms with Crippen molar-refractivity contribution in [2.75, 3.05) is 5.75 Å². The zero-order chi connectivity index (χ0) is 17.4. The van der Waals surface area contributed by atoms with E-state index in [1.807, 2.05) is 6.07 Å². The van der Waals surface area contributed by atoms with Crippen molar-refractivity contribution in [3.05, 3.63) is 47.2 Å². The molecule has 0 radical (unpaired) electrons. The maximum absolute atomic E-state index is 12.3. The average Bonchev–Trinajstić information content (AvgIpc) is 2.59. The Morgan fingerprint density at radius 2 is 2.00 bits per heavy atom. The van der Waals surface area contributed by atoms with E-state index in [1.165, 1.54) is 16.7 Å². The van der Waals surface area contributed by atoms with Crippen LogP contribution in [0.15, 0.2) is 41.6 Å². The van der Waals surface area contributed by atoms with E-state index in [2.05, 4.69) is 5.32 Å². The van der Waals surface area contributed by atoms with Crippen molar-refractivity contribution in [3.63, 3.8) is 0 Å². The van der Waals surface area contributed by atoms with Crippen molar-refractivity contribution in [3.8, 4) is 0 Å². The predicted molar refractivity (Wildman–Crippen MR) is 96.0 cm³/mol. The zero-order valence-corrected chi connectivity index (χ0v) is 15.0. The number of β-lactam (4-membered cyclic amide) rings is 1. The quantitative estimate of drug-likeness (QED) is 0.665. The molecule has 0 aliphatic carbocycles. The highest BCUT2D eigenvalue weighted by atomic mass is 35.5. The molecule has 1 aromatic carbocycles. The number of nitrogens with one attached hydrogen (secondary N) is 1. The van der Waals surface area contributed by atoms with E-state index < -0.39 is 35.2 Å². The van der Waals surface area contributed by atoms with Gasteiger partial charge in [0.1, 0.15) is 23.2 Å². The largest absolute Gasteiger partial charge is 0.477 e.